The molecule has 0 aliphatic heterocycles. The van der Waals surface area contributed by atoms with Gasteiger partial charge in [-0.25, -0.2) is 13.1 Å². The lowest BCUT2D eigenvalue weighted by Crippen LogP contribution is -2.35. The van der Waals surface area contributed by atoms with Crippen LogP contribution in [0.1, 0.15) is 13.3 Å². The van der Waals surface area contributed by atoms with Crippen LogP contribution in [-0.2, 0) is 10.0 Å². The number of ether oxygens (including phenoxy) is 1. The van der Waals surface area contributed by atoms with Crippen molar-refractivity contribution in [1.29, 1.82) is 0 Å². The van der Waals surface area contributed by atoms with E-state index >= 15 is 0 Å². The van der Waals surface area contributed by atoms with Gasteiger partial charge in [-0.15, -0.1) is 12.3 Å². The molecule has 0 spiro atoms. The number of terminal acetylenes is 1. The Morgan fingerprint density at radius 2 is 2.05 bits per heavy atom. The van der Waals surface area contributed by atoms with Crippen molar-refractivity contribution >= 4 is 15.7 Å². The van der Waals surface area contributed by atoms with E-state index in [1.165, 1.54) is 0 Å². The number of rotatable bonds is 7. The quantitative estimate of drug-likeness (QED) is 0.577. The number of sulfonamides is 1. The standard InChI is InChI=1S/C13H18N2O3S/c1-3-4-11(2)15-19(16,17)10-9-18-13-7-5-12(14)6-8-13/h1,5-8,11,15H,4,9-10,14H2,2H3. The van der Waals surface area contributed by atoms with Gasteiger partial charge in [0.2, 0.25) is 10.0 Å². The maximum atomic E-state index is 11.7. The zero-order valence-electron chi connectivity index (χ0n) is 10.8. The fourth-order valence-corrected chi connectivity index (χ4v) is 2.53. The van der Waals surface area contributed by atoms with Crippen LogP contribution >= 0.6 is 0 Å². The van der Waals surface area contributed by atoms with E-state index in [9.17, 15) is 8.42 Å². The molecule has 1 atom stereocenters. The topological polar surface area (TPSA) is 81.4 Å². The van der Waals surface area contributed by atoms with Crippen molar-refractivity contribution in [1.82, 2.24) is 4.72 Å². The summed E-state index contributed by atoms with van der Waals surface area (Å²) in [6, 6.07) is 6.49. The summed E-state index contributed by atoms with van der Waals surface area (Å²) in [6.07, 6.45) is 5.48. The summed E-state index contributed by atoms with van der Waals surface area (Å²) >= 11 is 0. The smallest absolute Gasteiger partial charge is 0.215 e. The van der Waals surface area contributed by atoms with Gasteiger partial charge >= 0.3 is 0 Å². The van der Waals surface area contributed by atoms with Crippen molar-refractivity contribution in [3.63, 3.8) is 0 Å². The molecular weight excluding hydrogens is 264 g/mol. The third-order valence-corrected chi connectivity index (χ3v) is 3.77. The SMILES string of the molecule is C#CCC(C)NS(=O)(=O)CCOc1ccc(N)cc1. The summed E-state index contributed by atoms with van der Waals surface area (Å²) in [4.78, 5) is 0. The lowest BCUT2D eigenvalue weighted by atomic mass is 10.3. The summed E-state index contributed by atoms with van der Waals surface area (Å²) in [5.74, 6) is 2.87. The summed E-state index contributed by atoms with van der Waals surface area (Å²) < 4.78 is 31.2. The molecule has 1 aromatic carbocycles. The van der Waals surface area contributed by atoms with Crippen LogP contribution in [0.25, 0.3) is 0 Å². The van der Waals surface area contributed by atoms with Gasteiger partial charge in [-0.1, -0.05) is 0 Å². The second-order valence-electron chi connectivity index (χ2n) is 4.16. The molecule has 19 heavy (non-hydrogen) atoms. The Bertz CT molecular complexity index is 532. The number of benzene rings is 1. The number of hydrogen-bond acceptors (Lipinski definition) is 4. The van der Waals surface area contributed by atoms with E-state index in [-0.39, 0.29) is 18.4 Å². The van der Waals surface area contributed by atoms with Crippen LogP contribution in [0.5, 0.6) is 5.75 Å². The fraction of sp³-hybridized carbons (Fsp3) is 0.385. The summed E-state index contributed by atoms with van der Waals surface area (Å²) in [5.41, 5.74) is 6.16. The first kappa shape index (κ1) is 15.3. The Morgan fingerprint density at radius 3 is 2.63 bits per heavy atom. The Kier molecular flexibility index (Phi) is 5.67. The van der Waals surface area contributed by atoms with Crippen molar-refractivity contribution in [2.24, 2.45) is 0 Å². The molecule has 0 heterocycles. The minimum atomic E-state index is -3.38. The first-order valence-corrected chi connectivity index (χ1v) is 7.50. The van der Waals surface area contributed by atoms with Crippen LogP contribution in [0.15, 0.2) is 24.3 Å². The molecule has 1 aromatic rings. The average Bonchev–Trinajstić information content (AvgIpc) is 2.31. The van der Waals surface area contributed by atoms with E-state index < -0.39 is 10.0 Å². The zero-order chi connectivity index (χ0) is 14.3. The highest BCUT2D eigenvalue weighted by molar-refractivity contribution is 7.89. The maximum absolute atomic E-state index is 11.7. The van der Waals surface area contributed by atoms with Crippen LogP contribution < -0.4 is 15.2 Å². The molecule has 1 rings (SSSR count). The van der Waals surface area contributed by atoms with Crippen LogP contribution in [0.4, 0.5) is 5.69 Å². The number of nitrogens with one attached hydrogen (secondary N) is 1. The van der Waals surface area contributed by atoms with E-state index in [4.69, 9.17) is 16.9 Å². The maximum Gasteiger partial charge on any atom is 0.215 e. The average molecular weight is 282 g/mol. The van der Waals surface area contributed by atoms with Gasteiger partial charge in [0, 0.05) is 18.2 Å². The lowest BCUT2D eigenvalue weighted by molar-refractivity contribution is 0.340. The van der Waals surface area contributed by atoms with Crippen LogP contribution in [0.3, 0.4) is 0 Å². The second kappa shape index (κ2) is 7.02. The van der Waals surface area contributed by atoms with Crippen molar-refractivity contribution < 1.29 is 13.2 Å². The Morgan fingerprint density at radius 1 is 1.42 bits per heavy atom. The summed E-state index contributed by atoms with van der Waals surface area (Å²) in [6.45, 7) is 1.79. The Labute approximate surface area is 114 Å². The predicted octanol–water partition coefficient (Wildman–Crippen LogP) is 0.979. The second-order valence-corrected chi connectivity index (χ2v) is 6.04. The summed E-state index contributed by atoms with van der Waals surface area (Å²) in [7, 11) is -3.38. The van der Waals surface area contributed by atoms with Crippen molar-refractivity contribution in [2.75, 3.05) is 18.1 Å². The number of anilines is 1. The minimum absolute atomic E-state index is 0.0715. The van der Waals surface area contributed by atoms with Crippen LogP contribution in [0.2, 0.25) is 0 Å². The van der Waals surface area contributed by atoms with E-state index in [0.717, 1.165) is 0 Å². The molecule has 0 aliphatic carbocycles. The van der Waals surface area contributed by atoms with Gasteiger partial charge in [0.15, 0.2) is 0 Å². The van der Waals surface area contributed by atoms with Gasteiger partial charge in [0.25, 0.3) is 0 Å². The van der Waals surface area contributed by atoms with E-state index in [1.54, 1.807) is 31.2 Å². The van der Waals surface area contributed by atoms with Crippen LogP contribution in [0, 0.1) is 12.3 Å². The molecule has 3 N–H and O–H groups in total. The van der Waals surface area contributed by atoms with Crippen molar-refractivity contribution in [2.45, 2.75) is 19.4 Å². The molecular formula is C13H18N2O3S. The van der Waals surface area contributed by atoms with Crippen molar-refractivity contribution in [3.8, 4) is 18.1 Å². The van der Waals surface area contributed by atoms with E-state index in [0.29, 0.717) is 17.9 Å². The molecule has 5 nitrogen and oxygen atoms in total. The number of hydrogen-bond donors (Lipinski definition) is 2. The van der Waals surface area contributed by atoms with Gasteiger partial charge in [0.05, 0.1) is 5.75 Å². The molecule has 0 aromatic heterocycles. The van der Waals surface area contributed by atoms with Gasteiger partial charge in [-0.3, -0.25) is 0 Å². The molecule has 0 amide bonds. The monoisotopic (exact) mass is 282 g/mol. The van der Waals surface area contributed by atoms with E-state index in [1.807, 2.05) is 0 Å². The first-order chi connectivity index (χ1) is 8.93. The molecule has 0 bridgehead atoms. The Hall–Kier alpha value is -1.71. The Balaban J connectivity index is 2.39. The summed E-state index contributed by atoms with van der Waals surface area (Å²) in [5, 5.41) is 0. The molecule has 0 aliphatic rings. The highest BCUT2D eigenvalue weighted by atomic mass is 32.2. The molecule has 0 saturated carbocycles. The van der Waals surface area contributed by atoms with Crippen molar-refractivity contribution in [3.05, 3.63) is 24.3 Å². The molecule has 104 valence electrons. The molecule has 6 heteroatoms. The molecule has 1 unspecified atom stereocenters. The largest absolute Gasteiger partial charge is 0.492 e. The minimum Gasteiger partial charge on any atom is -0.492 e. The zero-order valence-corrected chi connectivity index (χ0v) is 11.6. The van der Waals surface area contributed by atoms with Gasteiger partial charge in [-0.05, 0) is 31.2 Å². The predicted molar refractivity (Wildman–Crippen MR) is 76.2 cm³/mol. The van der Waals surface area contributed by atoms with Gasteiger partial charge in [-0.2, -0.15) is 0 Å². The van der Waals surface area contributed by atoms with Gasteiger partial charge < -0.3 is 10.5 Å². The fourth-order valence-electron chi connectivity index (χ4n) is 1.42. The molecule has 0 radical (unpaired) electrons. The first-order valence-electron chi connectivity index (χ1n) is 5.85. The number of nitrogen functional groups attached to an aromatic ring is 1. The highest BCUT2D eigenvalue weighted by Gasteiger charge is 2.13. The normalized spacial score (nSPS) is 12.6. The third-order valence-electron chi connectivity index (χ3n) is 2.31. The molecule has 0 saturated heterocycles. The van der Waals surface area contributed by atoms with Crippen LogP contribution in [-0.4, -0.2) is 26.8 Å². The highest BCUT2D eigenvalue weighted by Crippen LogP contribution is 2.12. The molecule has 0 fully saturated rings. The third kappa shape index (κ3) is 6.13. The van der Waals surface area contributed by atoms with Gasteiger partial charge in [0.1, 0.15) is 12.4 Å². The lowest BCUT2D eigenvalue weighted by Gasteiger charge is -2.12. The number of nitrogens with two attached hydrogens (primary N) is 1. The van der Waals surface area contributed by atoms with E-state index in [2.05, 4.69) is 10.6 Å².